The number of carbonyl (C=O) groups excluding carboxylic acids is 2. The van der Waals surface area contributed by atoms with E-state index in [1.807, 2.05) is 81.9 Å². The van der Waals surface area contributed by atoms with Crippen LogP contribution < -0.4 is 0 Å². The number of thiophene rings is 1. The van der Waals surface area contributed by atoms with E-state index in [-0.39, 0.29) is 24.4 Å². The molecule has 4 rings (SSSR count). The first kappa shape index (κ1) is 21.3. The van der Waals surface area contributed by atoms with Crippen molar-refractivity contribution in [3.63, 3.8) is 0 Å². The molecule has 3 aromatic rings. The number of hydrogen-bond donors (Lipinski definition) is 0. The van der Waals surface area contributed by atoms with Gasteiger partial charge in [0.15, 0.2) is 0 Å². The third-order valence-corrected chi connectivity index (χ3v) is 6.44. The number of nitrogens with zero attached hydrogens (tertiary/aromatic N) is 2. The monoisotopic (exact) mass is 432 g/mol. The van der Waals surface area contributed by atoms with Crippen molar-refractivity contribution in [3.05, 3.63) is 94.2 Å². The molecule has 1 fully saturated rings. The van der Waals surface area contributed by atoms with Gasteiger partial charge < -0.3 is 9.80 Å². The predicted octanol–water partition coefficient (Wildman–Crippen LogP) is 4.90. The molecule has 31 heavy (non-hydrogen) atoms. The fraction of sp³-hybridized carbons (Fsp3) is 0.308. The van der Waals surface area contributed by atoms with E-state index in [9.17, 15) is 9.59 Å². The van der Waals surface area contributed by atoms with Crippen LogP contribution in [0.4, 0.5) is 0 Å². The lowest BCUT2D eigenvalue weighted by atomic mass is 10.1. The summed E-state index contributed by atoms with van der Waals surface area (Å²) in [6.07, 6.45) is 3.14. The van der Waals surface area contributed by atoms with E-state index < -0.39 is 0 Å². The van der Waals surface area contributed by atoms with Crippen molar-refractivity contribution in [1.82, 2.24) is 9.80 Å². The first-order valence-electron chi connectivity index (χ1n) is 10.9. The third-order valence-electron chi connectivity index (χ3n) is 5.58. The van der Waals surface area contributed by atoms with Crippen LogP contribution in [0, 0.1) is 0 Å². The lowest BCUT2D eigenvalue weighted by molar-refractivity contribution is -0.141. The SMILES string of the molecule is O=C(CN(C(=O)CCc1ccccc1)C1CC1)N(Cc1ccccc1)Cc1cccs1. The second-order valence-corrected chi connectivity index (χ2v) is 9.09. The first-order chi connectivity index (χ1) is 15.2. The van der Waals surface area contributed by atoms with Gasteiger partial charge in [-0.1, -0.05) is 66.7 Å². The Hall–Kier alpha value is -2.92. The van der Waals surface area contributed by atoms with Gasteiger partial charge in [-0.3, -0.25) is 9.59 Å². The number of amides is 2. The molecule has 1 aromatic heterocycles. The van der Waals surface area contributed by atoms with Crippen LogP contribution in [0.5, 0.6) is 0 Å². The lowest BCUT2D eigenvalue weighted by Crippen LogP contribution is -2.43. The van der Waals surface area contributed by atoms with Gasteiger partial charge in [-0.25, -0.2) is 0 Å². The molecule has 0 unspecified atom stereocenters. The molecular formula is C26H28N2O2S. The summed E-state index contributed by atoms with van der Waals surface area (Å²) in [5.74, 6) is 0.0905. The largest absolute Gasteiger partial charge is 0.332 e. The van der Waals surface area contributed by atoms with Gasteiger partial charge in [0.25, 0.3) is 0 Å². The predicted molar refractivity (Wildman–Crippen MR) is 125 cm³/mol. The van der Waals surface area contributed by atoms with Crippen molar-refractivity contribution < 1.29 is 9.59 Å². The molecule has 0 spiro atoms. The fourth-order valence-electron chi connectivity index (χ4n) is 3.72. The Labute approximate surface area is 188 Å². The number of aryl methyl sites for hydroxylation is 1. The van der Waals surface area contributed by atoms with E-state index >= 15 is 0 Å². The quantitative estimate of drug-likeness (QED) is 0.457. The second-order valence-electron chi connectivity index (χ2n) is 8.05. The summed E-state index contributed by atoms with van der Waals surface area (Å²) >= 11 is 1.65. The summed E-state index contributed by atoms with van der Waals surface area (Å²) in [5.41, 5.74) is 2.25. The second kappa shape index (κ2) is 10.4. The Morgan fingerprint density at radius 1 is 0.806 bits per heavy atom. The zero-order chi connectivity index (χ0) is 21.5. The Kier molecular flexibility index (Phi) is 7.15. The molecule has 1 saturated carbocycles. The Balaban J connectivity index is 1.42. The van der Waals surface area contributed by atoms with Gasteiger partial charge in [-0.05, 0) is 41.8 Å². The molecule has 2 amide bonds. The standard InChI is InChI=1S/C26H28N2O2S/c29-25(16-13-21-8-3-1-4-9-21)28(23-14-15-23)20-26(30)27(19-24-12-7-17-31-24)18-22-10-5-2-6-11-22/h1-12,17,23H,13-16,18-20H2. The maximum atomic E-state index is 13.3. The molecule has 0 radical (unpaired) electrons. The fourth-order valence-corrected chi connectivity index (χ4v) is 4.44. The molecule has 1 heterocycles. The van der Waals surface area contributed by atoms with Crippen LogP contribution >= 0.6 is 11.3 Å². The van der Waals surface area contributed by atoms with Gasteiger partial charge >= 0.3 is 0 Å². The van der Waals surface area contributed by atoms with Crippen molar-refractivity contribution >= 4 is 23.2 Å². The number of benzene rings is 2. The number of carbonyl (C=O) groups is 2. The molecule has 1 aliphatic carbocycles. The van der Waals surface area contributed by atoms with Crippen molar-refractivity contribution in [2.24, 2.45) is 0 Å². The van der Waals surface area contributed by atoms with Crippen LogP contribution in [0.3, 0.4) is 0 Å². The van der Waals surface area contributed by atoms with E-state index in [0.29, 0.717) is 25.9 Å². The molecule has 0 bridgehead atoms. The molecule has 0 N–H and O–H groups in total. The van der Waals surface area contributed by atoms with Crippen LogP contribution in [0.2, 0.25) is 0 Å². The van der Waals surface area contributed by atoms with E-state index in [2.05, 4.69) is 6.07 Å². The molecule has 0 saturated heterocycles. The van der Waals surface area contributed by atoms with E-state index in [1.165, 1.54) is 0 Å². The normalized spacial score (nSPS) is 13.0. The molecule has 0 atom stereocenters. The highest BCUT2D eigenvalue weighted by molar-refractivity contribution is 7.09. The lowest BCUT2D eigenvalue weighted by Gasteiger charge is -2.28. The van der Waals surface area contributed by atoms with Gasteiger partial charge in [-0.15, -0.1) is 11.3 Å². The third kappa shape index (κ3) is 6.28. The van der Waals surface area contributed by atoms with Crippen LogP contribution in [0.15, 0.2) is 78.2 Å². The zero-order valence-corrected chi connectivity index (χ0v) is 18.5. The van der Waals surface area contributed by atoms with Gasteiger partial charge in [0, 0.05) is 23.9 Å². The summed E-state index contributed by atoms with van der Waals surface area (Å²) in [6, 6.07) is 24.4. The van der Waals surface area contributed by atoms with E-state index in [4.69, 9.17) is 0 Å². The highest BCUT2D eigenvalue weighted by atomic mass is 32.1. The summed E-state index contributed by atoms with van der Waals surface area (Å²) in [4.78, 5) is 31.2. The smallest absolute Gasteiger partial charge is 0.242 e. The molecular weight excluding hydrogens is 404 g/mol. The molecule has 4 nitrogen and oxygen atoms in total. The number of hydrogen-bond acceptors (Lipinski definition) is 3. The summed E-state index contributed by atoms with van der Waals surface area (Å²) in [5, 5.41) is 2.03. The van der Waals surface area contributed by atoms with E-state index in [0.717, 1.165) is 28.8 Å². The van der Waals surface area contributed by atoms with Crippen LogP contribution in [0.1, 0.15) is 35.3 Å². The molecule has 5 heteroatoms. The molecule has 0 aliphatic heterocycles. The summed E-state index contributed by atoms with van der Waals surface area (Å²) in [7, 11) is 0. The highest BCUT2D eigenvalue weighted by Crippen LogP contribution is 2.28. The summed E-state index contributed by atoms with van der Waals surface area (Å²) in [6.45, 7) is 1.28. The maximum absolute atomic E-state index is 13.3. The maximum Gasteiger partial charge on any atom is 0.242 e. The average Bonchev–Trinajstić information content (AvgIpc) is 3.52. The minimum Gasteiger partial charge on any atom is -0.332 e. The van der Waals surface area contributed by atoms with Crippen molar-refractivity contribution in [3.8, 4) is 0 Å². The number of rotatable bonds is 10. The van der Waals surface area contributed by atoms with Gasteiger partial charge in [0.2, 0.25) is 11.8 Å². The van der Waals surface area contributed by atoms with Crippen molar-refractivity contribution in [2.45, 2.75) is 44.8 Å². The Bertz CT molecular complexity index is 969. The van der Waals surface area contributed by atoms with Crippen LogP contribution in [0.25, 0.3) is 0 Å². The molecule has 1 aliphatic rings. The Morgan fingerprint density at radius 3 is 2.10 bits per heavy atom. The molecule has 2 aromatic carbocycles. The summed E-state index contributed by atoms with van der Waals surface area (Å²) < 4.78 is 0. The highest BCUT2D eigenvalue weighted by Gasteiger charge is 2.34. The van der Waals surface area contributed by atoms with Crippen molar-refractivity contribution in [1.29, 1.82) is 0 Å². The molecule has 160 valence electrons. The van der Waals surface area contributed by atoms with Crippen LogP contribution in [-0.2, 0) is 29.1 Å². The van der Waals surface area contributed by atoms with Crippen LogP contribution in [-0.4, -0.2) is 34.2 Å². The zero-order valence-electron chi connectivity index (χ0n) is 17.7. The van der Waals surface area contributed by atoms with Gasteiger partial charge in [0.05, 0.1) is 6.54 Å². The van der Waals surface area contributed by atoms with Gasteiger partial charge in [-0.2, -0.15) is 0 Å². The van der Waals surface area contributed by atoms with Crippen molar-refractivity contribution in [2.75, 3.05) is 6.54 Å². The van der Waals surface area contributed by atoms with E-state index in [1.54, 1.807) is 11.3 Å². The average molecular weight is 433 g/mol. The first-order valence-corrected chi connectivity index (χ1v) is 11.7. The van der Waals surface area contributed by atoms with Gasteiger partial charge in [0.1, 0.15) is 6.54 Å². The topological polar surface area (TPSA) is 40.6 Å². The minimum absolute atomic E-state index is 0.0113. The Morgan fingerprint density at radius 2 is 1.48 bits per heavy atom. The minimum atomic E-state index is 0.0113.